The minimum absolute atomic E-state index is 0.0354. The zero-order valence-electron chi connectivity index (χ0n) is 10.3. The fraction of sp³-hybridized carbons (Fsp3) is 0.462. The molecule has 1 amide bonds. The van der Waals surface area contributed by atoms with Gasteiger partial charge in [0.1, 0.15) is 5.75 Å². The van der Waals surface area contributed by atoms with Gasteiger partial charge in [0, 0.05) is 16.2 Å². The average Bonchev–Trinajstić information content (AvgIpc) is 2.30. The van der Waals surface area contributed by atoms with Crippen LogP contribution in [0, 0.1) is 7.14 Å². The van der Waals surface area contributed by atoms with Crippen LogP contribution in [0.4, 0.5) is 0 Å². The number of aromatic hydroxyl groups is 1. The van der Waals surface area contributed by atoms with Gasteiger partial charge in [0.15, 0.2) is 0 Å². The van der Waals surface area contributed by atoms with Gasteiger partial charge in [0.05, 0.1) is 15.7 Å². The van der Waals surface area contributed by atoms with Crippen LogP contribution >= 0.6 is 45.2 Å². The van der Waals surface area contributed by atoms with E-state index in [9.17, 15) is 9.90 Å². The fourth-order valence-electron chi connectivity index (χ4n) is 2.14. The highest BCUT2D eigenvalue weighted by molar-refractivity contribution is 14.1. The van der Waals surface area contributed by atoms with Gasteiger partial charge in [-0.3, -0.25) is 4.79 Å². The fourth-order valence-corrected chi connectivity index (χ4v) is 3.98. The maximum absolute atomic E-state index is 12.5. The van der Waals surface area contributed by atoms with Gasteiger partial charge in [-0.25, -0.2) is 0 Å². The predicted molar refractivity (Wildman–Crippen MR) is 89.3 cm³/mol. The Kier molecular flexibility index (Phi) is 5.29. The van der Waals surface area contributed by atoms with Crippen molar-refractivity contribution in [2.24, 2.45) is 0 Å². The van der Waals surface area contributed by atoms with Gasteiger partial charge in [-0.15, -0.1) is 0 Å². The summed E-state index contributed by atoms with van der Waals surface area (Å²) >= 11 is 4.15. The molecule has 0 saturated heterocycles. The summed E-state index contributed by atoms with van der Waals surface area (Å²) in [5.41, 5.74) is 0.330. The van der Waals surface area contributed by atoms with Crippen LogP contribution < -0.4 is 0 Å². The molecule has 0 atom stereocenters. The number of rotatable bonds is 4. The second-order valence-electron chi connectivity index (χ2n) is 4.59. The first-order valence-corrected chi connectivity index (χ1v) is 8.30. The van der Waals surface area contributed by atoms with Crippen LogP contribution in [0.1, 0.15) is 29.6 Å². The molecular formula is C13H15I2NO3. The molecule has 4 nitrogen and oxygen atoms in total. The third kappa shape index (κ3) is 3.33. The predicted octanol–water partition coefficient (Wildman–Crippen LogP) is 2.59. The van der Waals surface area contributed by atoms with Gasteiger partial charge in [-0.1, -0.05) is 0 Å². The summed E-state index contributed by atoms with van der Waals surface area (Å²) in [7, 11) is 0. The maximum atomic E-state index is 12.5. The van der Waals surface area contributed by atoms with Crippen LogP contribution in [0.5, 0.6) is 5.75 Å². The summed E-state index contributed by atoms with van der Waals surface area (Å²) < 4.78 is 1.59. The molecule has 1 aromatic carbocycles. The summed E-state index contributed by atoms with van der Waals surface area (Å²) in [6, 6.07) is 3.73. The van der Waals surface area contributed by atoms with E-state index in [1.807, 2.05) is 28.7 Å². The Bertz CT molecular complexity index is 489. The average molecular weight is 487 g/mol. The van der Waals surface area contributed by atoms with Gasteiger partial charge in [-0.05, 0) is 76.6 Å². The minimum Gasteiger partial charge on any atom is -0.506 e. The van der Waals surface area contributed by atoms with Crippen LogP contribution in [0.2, 0.25) is 0 Å². The molecular weight excluding hydrogens is 472 g/mol. The number of carbonyl (C=O) groups is 1. The zero-order valence-corrected chi connectivity index (χ0v) is 14.6. The lowest BCUT2D eigenvalue weighted by Crippen LogP contribution is -2.45. The van der Waals surface area contributed by atoms with E-state index in [2.05, 4.69) is 22.6 Å². The molecule has 2 N–H and O–H groups in total. The molecule has 0 radical (unpaired) electrons. The highest BCUT2D eigenvalue weighted by Gasteiger charge is 2.30. The number of amides is 1. The van der Waals surface area contributed by atoms with Gasteiger partial charge in [-0.2, -0.15) is 0 Å². The second-order valence-corrected chi connectivity index (χ2v) is 7.00. The van der Waals surface area contributed by atoms with E-state index in [-0.39, 0.29) is 24.3 Å². The Morgan fingerprint density at radius 2 is 2.05 bits per heavy atom. The van der Waals surface area contributed by atoms with Crippen molar-refractivity contribution in [3.8, 4) is 5.75 Å². The smallest absolute Gasteiger partial charge is 0.258 e. The molecule has 6 heteroatoms. The van der Waals surface area contributed by atoms with Crippen molar-refractivity contribution in [3.63, 3.8) is 0 Å². The summed E-state index contributed by atoms with van der Waals surface area (Å²) in [5, 5.41) is 19.2. The molecule has 2 rings (SSSR count). The van der Waals surface area contributed by atoms with Gasteiger partial charge >= 0.3 is 0 Å². The molecule has 1 saturated carbocycles. The number of halogens is 2. The summed E-state index contributed by atoms with van der Waals surface area (Å²) in [6.45, 7) is 0.273. The number of nitrogens with zero attached hydrogens (tertiary/aromatic N) is 1. The van der Waals surface area contributed by atoms with Gasteiger partial charge in [0.25, 0.3) is 5.91 Å². The lowest BCUT2D eigenvalue weighted by atomic mass is 9.91. The molecule has 1 fully saturated rings. The van der Waals surface area contributed by atoms with Crippen molar-refractivity contribution in [2.75, 3.05) is 13.2 Å². The number of carbonyl (C=O) groups excluding carboxylic acids is 1. The van der Waals surface area contributed by atoms with E-state index in [1.54, 1.807) is 11.0 Å². The molecule has 1 aliphatic rings. The number of phenolic OH excluding ortho intramolecular Hbond substituents is 1. The Hall–Kier alpha value is -0.0900. The molecule has 1 aromatic rings. The number of aliphatic hydroxyl groups excluding tert-OH is 1. The first kappa shape index (κ1) is 15.3. The number of benzene rings is 1. The lowest BCUT2D eigenvalue weighted by molar-refractivity contribution is 0.0522. The van der Waals surface area contributed by atoms with Gasteiger partial charge in [0.2, 0.25) is 0 Å². The number of phenols is 1. The molecule has 19 heavy (non-hydrogen) atoms. The summed E-state index contributed by atoms with van der Waals surface area (Å²) in [4.78, 5) is 14.2. The lowest BCUT2D eigenvalue weighted by Gasteiger charge is -2.37. The first-order valence-electron chi connectivity index (χ1n) is 6.14. The Labute approximate surface area is 139 Å². The van der Waals surface area contributed by atoms with E-state index in [0.29, 0.717) is 15.7 Å². The molecule has 0 spiro atoms. The van der Waals surface area contributed by atoms with Crippen LogP contribution in [-0.2, 0) is 0 Å². The Morgan fingerprint density at radius 1 is 1.37 bits per heavy atom. The molecule has 104 valence electrons. The molecule has 0 heterocycles. The number of hydrogen-bond donors (Lipinski definition) is 2. The van der Waals surface area contributed by atoms with Crippen molar-refractivity contribution < 1.29 is 15.0 Å². The normalized spacial score (nSPS) is 15.1. The summed E-state index contributed by atoms with van der Waals surface area (Å²) in [6.07, 6.45) is 3.08. The largest absolute Gasteiger partial charge is 0.506 e. The molecule has 0 unspecified atom stereocenters. The van der Waals surface area contributed by atoms with E-state index < -0.39 is 0 Å². The van der Waals surface area contributed by atoms with E-state index in [1.165, 1.54) is 0 Å². The quantitative estimate of drug-likeness (QED) is 0.643. The molecule has 0 aliphatic heterocycles. The van der Waals surface area contributed by atoms with Gasteiger partial charge < -0.3 is 15.1 Å². The van der Waals surface area contributed by atoms with Crippen molar-refractivity contribution in [3.05, 3.63) is 24.8 Å². The van der Waals surface area contributed by atoms with Crippen molar-refractivity contribution >= 4 is 51.1 Å². The maximum Gasteiger partial charge on any atom is 0.258 e. The van der Waals surface area contributed by atoms with E-state index >= 15 is 0 Å². The van der Waals surface area contributed by atoms with Crippen molar-refractivity contribution in [1.29, 1.82) is 0 Å². The Balaban J connectivity index is 2.30. The van der Waals surface area contributed by atoms with Crippen LogP contribution in [-0.4, -0.2) is 40.2 Å². The minimum atomic E-state index is -0.187. The zero-order chi connectivity index (χ0) is 14.0. The Morgan fingerprint density at radius 3 is 2.58 bits per heavy atom. The third-order valence-corrected chi connectivity index (χ3v) is 4.82. The van der Waals surface area contributed by atoms with E-state index in [0.717, 1.165) is 22.8 Å². The van der Waals surface area contributed by atoms with Crippen molar-refractivity contribution in [2.45, 2.75) is 25.3 Å². The highest BCUT2D eigenvalue weighted by atomic mass is 127. The van der Waals surface area contributed by atoms with Crippen molar-refractivity contribution in [1.82, 2.24) is 4.90 Å². The number of aliphatic hydroxyl groups is 1. The molecule has 0 aromatic heterocycles. The molecule has 0 bridgehead atoms. The number of hydrogen-bond acceptors (Lipinski definition) is 3. The third-order valence-electron chi connectivity index (χ3n) is 3.38. The monoisotopic (exact) mass is 487 g/mol. The van der Waals surface area contributed by atoms with Crippen LogP contribution in [0.3, 0.4) is 0 Å². The topological polar surface area (TPSA) is 60.8 Å². The highest BCUT2D eigenvalue weighted by Crippen LogP contribution is 2.31. The standard InChI is InChI=1S/C13H15I2NO3/c14-8-6-10(12(18)11(15)7-8)13(19)16(4-5-17)9-2-1-3-9/h6-7,9,17-18H,1-5H2. The first-order chi connectivity index (χ1) is 9.04. The summed E-state index contributed by atoms with van der Waals surface area (Å²) in [5.74, 6) is -0.152. The molecule has 1 aliphatic carbocycles. The van der Waals surface area contributed by atoms with Crippen LogP contribution in [0.15, 0.2) is 12.1 Å². The SMILES string of the molecule is O=C(c1cc(I)cc(I)c1O)N(CCO)C1CCC1. The van der Waals surface area contributed by atoms with E-state index in [4.69, 9.17) is 5.11 Å². The second kappa shape index (κ2) is 6.57. The van der Waals surface area contributed by atoms with Crippen LogP contribution in [0.25, 0.3) is 0 Å².